The van der Waals surface area contributed by atoms with E-state index in [0.29, 0.717) is 6.54 Å². The summed E-state index contributed by atoms with van der Waals surface area (Å²) in [4.78, 5) is 10.5. The number of primary amides is 1. The standard InChI is InChI=1S/C8H18N2O3S/c1-3-4-6-10(14(2,12)13)7-5-8(9)11/h3-7H2,1-2H3,(H2,9,11). The number of unbranched alkanes of at least 4 members (excludes halogenated alkanes) is 1. The molecule has 0 saturated heterocycles. The van der Waals surface area contributed by atoms with E-state index in [9.17, 15) is 13.2 Å². The fourth-order valence-electron chi connectivity index (χ4n) is 1.01. The molecule has 0 unspecified atom stereocenters. The van der Waals surface area contributed by atoms with Crippen molar-refractivity contribution in [1.29, 1.82) is 0 Å². The quantitative estimate of drug-likeness (QED) is 0.654. The van der Waals surface area contributed by atoms with Gasteiger partial charge >= 0.3 is 0 Å². The third-order valence-electron chi connectivity index (χ3n) is 1.84. The molecule has 0 spiro atoms. The lowest BCUT2D eigenvalue weighted by atomic mass is 10.3. The monoisotopic (exact) mass is 222 g/mol. The Morgan fingerprint density at radius 3 is 2.29 bits per heavy atom. The summed E-state index contributed by atoms with van der Waals surface area (Å²) in [6.45, 7) is 2.63. The third kappa shape index (κ3) is 5.93. The highest BCUT2D eigenvalue weighted by Crippen LogP contribution is 2.02. The summed E-state index contributed by atoms with van der Waals surface area (Å²) in [7, 11) is -3.21. The maximum absolute atomic E-state index is 11.2. The molecule has 0 saturated carbocycles. The highest BCUT2D eigenvalue weighted by atomic mass is 32.2. The van der Waals surface area contributed by atoms with E-state index in [0.717, 1.165) is 19.1 Å². The van der Waals surface area contributed by atoms with Crippen molar-refractivity contribution < 1.29 is 13.2 Å². The van der Waals surface area contributed by atoms with E-state index in [-0.39, 0.29) is 13.0 Å². The van der Waals surface area contributed by atoms with Gasteiger partial charge in [0.15, 0.2) is 0 Å². The molecule has 5 nitrogen and oxygen atoms in total. The highest BCUT2D eigenvalue weighted by molar-refractivity contribution is 7.88. The van der Waals surface area contributed by atoms with Gasteiger partial charge in [-0.3, -0.25) is 4.79 Å². The Balaban J connectivity index is 4.19. The van der Waals surface area contributed by atoms with E-state index in [1.54, 1.807) is 0 Å². The van der Waals surface area contributed by atoms with Gasteiger partial charge in [-0.15, -0.1) is 0 Å². The first-order valence-corrected chi connectivity index (χ1v) is 6.46. The van der Waals surface area contributed by atoms with Crippen molar-refractivity contribution in [3.8, 4) is 0 Å². The van der Waals surface area contributed by atoms with Crippen LogP contribution in [0.2, 0.25) is 0 Å². The van der Waals surface area contributed by atoms with Crippen molar-refractivity contribution in [3.05, 3.63) is 0 Å². The lowest BCUT2D eigenvalue weighted by Crippen LogP contribution is -2.34. The van der Waals surface area contributed by atoms with Gasteiger partial charge in [-0.25, -0.2) is 12.7 Å². The minimum absolute atomic E-state index is 0.0801. The fourth-order valence-corrected chi connectivity index (χ4v) is 1.90. The number of hydrogen-bond donors (Lipinski definition) is 1. The Morgan fingerprint density at radius 2 is 1.93 bits per heavy atom. The molecule has 0 atom stereocenters. The van der Waals surface area contributed by atoms with E-state index < -0.39 is 15.9 Å². The van der Waals surface area contributed by atoms with Crippen molar-refractivity contribution in [2.45, 2.75) is 26.2 Å². The molecule has 0 aliphatic heterocycles. The number of nitrogens with two attached hydrogens (primary N) is 1. The van der Waals surface area contributed by atoms with Gasteiger partial charge in [0.25, 0.3) is 0 Å². The van der Waals surface area contributed by atoms with Gasteiger partial charge < -0.3 is 5.73 Å². The van der Waals surface area contributed by atoms with Crippen molar-refractivity contribution in [2.24, 2.45) is 5.73 Å². The molecule has 0 fully saturated rings. The predicted molar refractivity (Wildman–Crippen MR) is 55.1 cm³/mol. The fraction of sp³-hybridized carbons (Fsp3) is 0.875. The van der Waals surface area contributed by atoms with Crippen LogP contribution in [0, 0.1) is 0 Å². The second-order valence-electron chi connectivity index (χ2n) is 3.23. The lowest BCUT2D eigenvalue weighted by Gasteiger charge is -2.18. The van der Waals surface area contributed by atoms with Crippen LogP contribution in [0.1, 0.15) is 26.2 Å². The van der Waals surface area contributed by atoms with Crippen LogP contribution in [0.5, 0.6) is 0 Å². The van der Waals surface area contributed by atoms with E-state index in [1.807, 2.05) is 6.92 Å². The molecule has 0 radical (unpaired) electrons. The number of amides is 1. The lowest BCUT2D eigenvalue weighted by molar-refractivity contribution is -0.118. The van der Waals surface area contributed by atoms with Crippen LogP contribution in [0.25, 0.3) is 0 Å². The maximum Gasteiger partial charge on any atom is 0.218 e. The van der Waals surface area contributed by atoms with E-state index in [2.05, 4.69) is 0 Å². The smallest absolute Gasteiger partial charge is 0.218 e. The van der Waals surface area contributed by atoms with E-state index in [4.69, 9.17) is 5.73 Å². The van der Waals surface area contributed by atoms with Gasteiger partial charge in [0.2, 0.25) is 15.9 Å². The minimum atomic E-state index is -3.21. The molecule has 14 heavy (non-hydrogen) atoms. The Bertz CT molecular complexity index is 274. The Morgan fingerprint density at radius 1 is 1.36 bits per heavy atom. The second-order valence-corrected chi connectivity index (χ2v) is 5.21. The van der Waals surface area contributed by atoms with Gasteiger partial charge in [0.1, 0.15) is 0 Å². The van der Waals surface area contributed by atoms with Crippen molar-refractivity contribution in [1.82, 2.24) is 4.31 Å². The molecule has 2 N–H and O–H groups in total. The first-order chi connectivity index (χ1) is 6.38. The average molecular weight is 222 g/mol. The molecule has 0 aliphatic rings. The third-order valence-corrected chi connectivity index (χ3v) is 3.14. The number of carbonyl (C=O) groups excluding carboxylic acids is 1. The molecular weight excluding hydrogens is 204 g/mol. The second kappa shape index (κ2) is 5.98. The summed E-state index contributed by atoms with van der Waals surface area (Å²) in [6, 6.07) is 0. The zero-order valence-corrected chi connectivity index (χ0v) is 9.51. The number of rotatable bonds is 7. The number of hydrogen-bond acceptors (Lipinski definition) is 3. The molecule has 0 rings (SSSR count). The molecule has 0 aromatic rings. The van der Waals surface area contributed by atoms with E-state index >= 15 is 0 Å². The van der Waals surface area contributed by atoms with Crippen LogP contribution in [0.3, 0.4) is 0 Å². The molecule has 1 amide bonds. The minimum Gasteiger partial charge on any atom is -0.370 e. The Kier molecular flexibility index (Phi) is 5.71. The maximum atomic E-state index is 11.2. The van der Waals surface area contributed by atoms with Crippen LogP contribution < -0.4 is 5.73 Å². The summed E-state index contributed by atoms with van der Waals surface area (Å²) in [5.74, 6) is -0.477. The predicted octanol–water partition coefficient (Wildman–Crippen LogP) is -0.0765. The molecular formula is C8H18N2O3S. The van der Waals surface area contributed by atoms with Gasteiger partial charge in [-0.2, -0.15) is 0 Å². The SMILES string of the molecule is CCCCN(CCC(N)=O)S(C)(=O)=O. The van der Waals surface area contributed by atoms with Crippen LogP contribution in [0.4, 0.5) is 0 Å². The summed E-state index contributed by atoms with van der Waals surface area (Å²) in [5, 5.41) is 0. The molecule has 84 valence electrons. The molecule has 0 aromatic carbocycles. The number of nitrogens with zero attached hydrogens (tertiary/aromatic N) is 1. The Labute approximate surface area is 85.3 Å². The summed E-state index contributed by atoms with van der Waals surface area (Å²) < 4.78 is 23.7. The van der Waals surface area contributed by atoms with Crippen LogP contribution in [0.15, 0.2) is 0 Å². The highest BCUT2D eigenvalue weighted by Gasteiger charge is 2.15. The molecule has 0 aromatic heterocycles. The first kappa shape index (κ1) is 13.4. The van der Waals surface area contributed by atoms with Crippen molar-refractivity contribution in [2.75, 3.05) is 19.3 Å². The van der Waals surface area contributed by atoms with Gasteiger partial charge in [-0.1, -0.05) is 13.3 Å². The Hall–Kier alpha value is -0.620. The van der Waals surface area contributed by atoms with Crippen molar-refractivity contribution >= 4 is 15.9 Å². The summed E-state index contributed by atoms with van der Waals surface area (Å²) in [5.41, 5.74) is 4.95. The first-order valence-electron chi connectivity index (χ1n) is 4.61. The normalized spacial score (nSPS) is 11.9. The van der Waals surface area contributed by atoms with Crippen LogP contribution in [-0.4, -0.2) is 38.0 Å². The largest absolute Gasteiger partial charge is 0.370 e. The zero-order valence-electron chi connectivity index (χ0n) is 8.69. The van der Waals surface area contributed by atoms with Gasteiger partial charge in [-0.05, 0) is 6.42 Å². The van der Waals surface area contributed by atoms with Crippen LogP contribution in [-0.2, 0) is 14.8 Å². The summed E-state index contributed by atoms with van der Waals surface area (Å²) >= 11 is 0. The van der Waals surface area contributed by atoms with Crippen molar-refractivity contribution in [3.63, 3.8) is 0 Å². The summed E-state index contributed by atoms with van der Waals surface area (Å²) in [6.07, 6.45) is 2.94. The molecule has 0 bridgehead atoms. The molecule has 0 aliphatic carbocycles. The van der Waals surface area contributed by atoms with E-state index in [1.165, 1.54) is 4.31 Å². The number of sulfonamides is 1. The molecule has 6 heteroatoms. The zero-order chi connectivity index (χ0) is 11.2. The molecule has 0 heterocycles. The average Bonchev–Trinajstić information content (AvgIpc) is 2.01. The number of carbonyl (C=O) groups is 1. The topological polar surface area (TPSA) is 80.5 Å². The van der Waals surface area contributed by atoms with Gasteiger partial charge in [0, 0.05) is 19.5 Å². The van der Waals surface area contributed by atoms with Crippen LogP contribution >= 0.6 is 0 Å². The van der Waals surface area contributed by atoms with Gasteiger partial charge in [0.05, 0.1) is 6.26 Å².